The number of carbonyl (C=O) groups is 1. The first-order valence-electron chi connectivity index (χ1n) is 11.7. The lowest BCUT2D eigenvalue weighted by Gasteiger charge is -2.62. The van der Waals surface area contributed by atoms with Gasteiger partial charge in [-0.1, -0.05) is 13.8 Å². The third kappa shape index (κ3) is 2.95. The van der Waals surface area contributed by atoms with Crippen LogP contribution in [0.15, 0.2) is 0 Å². The van der Waals surface area contributed by atoms with Crippen molar-refractivity contribution >= 4 is 15.7 Å². The summed E-state index contributed by atoms with van der Waals surface area (Å²) in [6.45, 7) is 4.77. The van der Waals surface area contributed by atoms with Crippen molar-refractivity contribution in [3.63, 3.8) is 0 Å². The summed E-state index contributed by atoms with van der Waals surface area (Å²) in [5, 5.41) is -0.865. The van der Waals surface area contributed by atoms with Gasteiger partial charge in [-0.2, -0.15) is 0 Å². The Hall–Kier alpha value is -0.620. The molecule has 164 valence electrons. The van der Waals surface area contributed by atoms with Crippen molar-refractivity contribution in [2.45, 2.75) is 95.1 Å². The lowest BCUT2D eigenvalue weighted by atomic mass is 9.47. The molecule has 6 heteroatoms. The zero-order valence-corrected chi connectivity index (χ0v) is 19.2. The lowest BCUT2D eigenvalue weighted by molar-refractivity contribution is -0.161. The zero-order valence-electron chi connectivity index (χ0n) is 18.4. The number of hydrogen-bond acceptors (Lipinski definition) is 4. The van der Waals surface area contributed by atoms with Crippen molar-refractivity contribution in [1.82, 2.24) is 4.90 Å². The largest absolute Gasteiger partial charge is 0.374 e. The molecule has 0 bridgehead atoms. The van der Waals surface area contributed by atoms with E-state index < -0.39 is 15.1 Å². The van der Waals surface area contributed by atoms with Crippen LogP contribution in [0.1, 0.15) is 71.6 Å². The van der Waals surface area contributed by atoms with Crippen molar-refractivity contribution in [3.05, 3.63) is 0 Å². The van der Waals surface area contributed by atoms with E-state index in [9.17, 15) is 13.2 Å². The lowest BCUT2D eigenvalue weighted by Crippen LogP contribution is -2.65. The number of hydrogen-bond donors (Lipinski definition) is 0. The van der Waals surface area contributed by atoms with Crippen LogP contribution in [0.4, 0.5) is 0 Å². The molecule has 5 fully saturated rings. The van der Waals surface area contributed by atoms with Gasteiger partial charge in [0.1, 0.15) is 5.25 Å². The predicted molar refractivity (Wildman–Crippen MR) is 112 cm³/mol. The van der Waals surface area contributed by atoms with Crippen molar-refractivity contribution in [2.24, 2.45) is 28.6 Å². The van der Waals surface area contributed by atoms with Crippen LogP contribution >= 0.6 is 0 Å². The minimum Gasteiger partial charge on any atom is -0.374 e. The molecule has 1 aliphatic heterocycles. The van der Waals surface area contributed by atoms with E-state index in [-0.39, 0.29) is 22.8 Å². The van der Waals surface area contributed by atoms with Crippen molar-refractivity contribution in [1.29, 1.82) is 0 Å². The highest BCUT2D eigenvalue weighted by Gasteiger charge is 2.63. The van der Waals surface area contributed by atoms with Crippen LogP contribution in [-0.2, 0) is 19.4 Å². The van der Waals surface area contributed by atoms with Gasteiger partial charge in [-0.05, 0) is 86.4 Å². The fourth-order valence-electron chi connectivity index (χ4n) is 8.17. The molecule has 0 unspecified atom stereocenters. The third-order valence-electron chi connectivity index (χ3n) is 9.85. The van der Waals surface area contributed by atoms with E-state index in [0.29, 0.717) is 36.4 Å². The van der Waals surface area contributed by atoms with Gasteiger partial charge in [0.15, 0.2) is 9.84 Å². The highest BCUT2D eigenvalue weighted by Crippen LogP contribution is 2.65. The minimum atomic E-state index is -3.39. The Labute approximate surface area is 175 Å². The van der Waals surface area contributed by atoms with Crippen molar-refractivity contribution in [2.75, 3.05) is 13.3 Å². The fraction of sp³-hybridized carbons (Fsp3) is 0.957. The Morgan fingerprint density at radius 1 is 0.966 bits per heavy atom. The summed E-state index contributed by atoms with van der Waals surface area (Å²) in [5.74, 6) is 1.65. The maximum Gasteiger partial charge on any atom is 0.240 e. The Kier molecular flexibility index (Phi) is 4.51. The number of rotatable bonds is 3. The standard InChI is InChI=1S/C23H37NO4S/c1-22-12-11-17-15(16(22)8-10-20(22)28-14-5-6-14)7-9-19-23(17,2)13-18(29(4,26)27)21(25)24(19)3/h14-20H,5-13H2,1-4H3/t15-,16-,17-,18+,19+,20-,22-,23+/m0/s1. The minimum absolute atomic E-state index is 0.101. The average molecular weight is 424 g/mol. The first kappa shape index (κ1) is 20.3. The highest BCUT2D eigenvalue weighted by atomic mass is 32.2. The molecule has 4 saturated carbocycles. The first-order chi connectivity index (χ1) is 13.6. The molecule has 1 heterocycles. The number of carbonyl (C=O) groups excluding carboxylic acids is 1. The molecule has 5 aliphatic rings. The second kappa shape index (κ2) is 6.44. The van der Waals surface area contributed by atoms with Crippen LogP contribution in [0.5, 0.6) is 0 Å². The zero-order chi connectivity index (χ0) is 20.8. The van der Waals surface area contributed by atoms with Gasteiger partial charge >= 0.3 is 0 Å². The summed E-state index contributed by atoms with van der Waals surface area (Å²) >= 11 is 0. The van der Waals surface area contributed by atoms with E-state index in [1.807, 2.05) is 7.05 Å². The molecule has 0 N–H and O–H groups in total. The van der Waals surface area contributed by atoms with Gasteiger partial charge < -0.3 is 9.64 Å². The second-order valence-corrected chi connectivity index (χ2v) is 13.6. The molecule has 0 aromatic rings. The normalized spacial score (nSPS) is 50.1. The van der Waals surface area contributed by atoms with E-state index in [2.05, 4.69) is 13.8 Å². The number of sulfone groups is 1. The van der Waals surface area contributed by atoms with E-state index >= 15 is 0 Å². The molecular formula is C23H37NO4S. The summed E-state index contributed by atoms with van der Waals surface area (Å²) in [6, 6.07) is 0.179. The van der Waals surface area contributed by atoms with Crippen LogP contribution in [0.25, 0.3) is 0 Å². The van der Waals surface area contributed by atoms with E-state index in [4.69, 9.17) is 4.74 Å². The van der Waals surface area contributed by atoms with Crippen LogP contribution in [0.2, 0.25) is 0 Å². The van der Waals surface area contributed by atoms with Crippen LogP contribution < -0.4 is 0 Å². The number of ether oxygens (including phenoxy) is 1. The highest BCUT2D eigenvalue weighted by molar-refractivity contribution is 7.92. The Bertz CT molecular complexity index is 808. The quantitative estimate of drug-likeness (QED) is 0.698. The number of piperidine rings is 1. The molecule has 5 rings (SSSR count). The van der Waals surface area contributed by atoms with Crippen LogP contribution in [0, 0.1) is 28.6 Å². The topological polar surface area (TPSA) is 63.7 Å². The number of fused-ring (bicyclic) bond motifs is 5. The Morgan fingerprint density at radius 3 is 2.31 bits per heavy atom. The van der Waals surface area contributed by atoms with Gasteiger partial charge in [-0.25, -0.2) is 8.42 Å². The van der Waals surface area contributed by atoms with Gasteiger partial charge in [0.2, 0.25) is 5.91 Å². The molecule has 1 saturated heterocycles. The predicted octanol–water partition coefficient (Wildman–Crippen LogP) is 3.42. The third-order valence-corrected chi connectivity index (χ3v) is 11.2. The van der Waals surface area contributed by atoms with E-state index in [1.165, 1.54) is 44.8 Å². The molecule has 1 amide bonds. The van der Waals surface area contributed by atoms with Crippen LogP contribution in [-0.4, -0.2) is 56.0 Å². The molecule has 0 aromatic heterocycles. The molecule has 0 radical (unpaired) electrons. The number of nitrogens with zero attached hydrogens (tertiary/aromatic N) is 1. The molecule has 8 atom stereocenters. The molecule has 5 nitrogen and oxygen atoms in total. The Balaban J connectivity index is 1.44. The van der Waals surface area contributed by atoms with E-state index in [1.54, 1.807) is 4.90 Å². The number of amides is 1. The SMILES string of the molecule is CN1C(=O)[C@H](S(C)(=O)=O)C[C@]2(C)[C@H]3CC[C@]4(C)[C@@H](OC5CC5)CC[C@H]4[C@@H]3CC[C@@H]12. The van der Waals surface area contributed by atoms with Crippen molar-refractivity contribution < 1.29 is 17.9 Å². The first-order valence-corrected chi connectivity index (χ1v) is 13.6. The fourth-order valence-corrected chi connectivity index (χ4v) is 9.37. The summed E-state index contributed by atoms with van der Waals surface area (Å²) in [4.78, 5) is 14.6. The molecule has 0 spiro atoms. The van der Waals surface area contributed by atoms with Gasteiger partial charge in [-0.15, -0.1) is 0 Å². The smallest absolute Gasteiger partial charge is 0.240 e. The average Bonchev–Trinajstić information content (AvgIpc) is 3.39. The van der Waals surface area contributed by atoms with Gasteiger partial charge in [0.25, 0.3) is 0 Å². The van der Waals surface area contributed by atoms with Gasteiger partial charge in [-0.3, -0.25) is 4.79 Å². The maximum absolute atomic E-state index is 12.8. The number of likely N-dealkylation sites (tertiary alicyclic amines) is 1. The monoisotopic (exact) mass is 423 g/mol. The second-order valence-electron chi connectivity index (χ2n) is 11.4. The van der Waals surface area contributed by atoms with E-state index in [0.717, 1.165) is 12.8 Å². The Morgan fingerprint density at radius 2 is 1.66 bits per heavy atom. The summed E-state index contributed by atoms with van der Waals surface area (Å²) < 4.78 is 31.3. The molecule has 4 aliphatic carbocycles. The summed E-state index contributed by atoms with van der Waals surface area (Å²) in [5.41, 5.74) is 0.176. The van der Waals surface area contributed by atoms with Crippen LogP contribution in [0.3, 0.4) is 0 Å². The molecule has 0 aromatic carbocycles. The summed E-state index contributed by atoms with van der Waals surface area (Å²) in [6.07, 6.45) is 12.1. The maximum atomic E-state index is 12.8. The van der Waals surface area contributed by atoms with Crippen molar-refractivity contribution in [3.8, 4) is 0 Å². The molecular weight excluding hydrogens is 386 g/mol. The summed E-state index contributed by atoms with van der Waals surface area (Å²) in [7, 11) is -1.55. The van der Waals surface area contributed by atoms with Gasteiger partial charge in [0, 0.05) is 19.3 Å². The van der Waals surface area contributed by atoms with Gasteiger partial charge in [0.05, 0.1) is 12.2 Å². The molecule has 29 heavy (non-hydrogen) atoms.